The highest BCUT2D eigenvalue weighted by atomic mass is 79.9. The zero-order valence-electron chi connectivity index (χ0n) is 11.4. The van der Waals surface area contributed by atoms with Crippen molar-refractivity contribution < 1.29 is 4.74 Å². The Morgan fingerprint density at radius 1 is 1.16 bits per heavy atom. The van der Waals surface area contributed by atoms with E-state index in [0.29, 0.717) is 0 Å². The lowest BCUT2D eigenvalue weighted by atomic mass is 9.93. The van der Waals surface area contributed by atoms with Crippen LogP contribution in [0.15, 0.2) is 40.9 Å². The second-order valence-corrected chi connectivity index (χ2v) is 5.52. The van der Waals surface area contributed by atoms with Crippen LogP contribution in [0, 0.1) is 13.8 Å². The Morgan fingerprint density at radius 2 is 1.89 bits per heavy atom. The minimum Gasteiger partial charge on any atom is -0.496 e. The maximum Gasteiger partial charge on any atom is 0.133 e. The third kappa shape index (κ3) is 2.82. The van der Waals surface area contributed by atoms with Crippen molar-refractivity contribution in [2.24, 2.45) is 5.73 Å². The topological polar surface area (TPSA) is 35.2 Å². The first kappa shape index (κ1) is 14.1. The molecule has 0 amide bonds. The SMILES string of the molecule is COc1ccc(C(N)c2cccc(C)c2C)cc1Br. The first-order valence-electron chi connectivity index (χ1n) is 6.19. The van der Waals surface area contributed by atoms with Crippen LogP contribution < -0.4 is 10.5 Å². The van der Waals surface area contributed by atoms with Crippen molar-refractivity contribution in [1.82, 2.24) is 0 Å². The molecule has 0 saturated heterocycles. The molecular weight excluding hydrogens is 302 g/mol. The molecule has 0 aliphatic carbocycles. The fourth-order valence-corrected chi connectivity index (χ4v) is 2.72. The molecule has 2 N–H and O–H groups in total. The van der Waals surface area contributed by atoms with E-state index < -0.39 is 0 Å². The average molecular weight is 320 g/mol. The summed E-state index contributed by atoms with van der Waals surface area (Å²) in [5, 5.41) is 0. The van der Waals surface area contributed by atoms with Crippen molar-refractivity contribution in [2.45, 2.75) is 19.9 Å². The fourth-order valence-electron chi connectivity index (χ4n) is 2.17. The molecule has 2 aromatic rings. The molecule has 0 spiro atoms. The fraction of sp³-hybridized carbons (Fsp3) is 0.250. The molecule has 0 bridgehead atoms. The number of ether oxygens (including phenoxy) is 1. The van der Waals surface area contributed by atoms with Gasteiger partial charge in [-0.2, -0.15) is 0 Å². The first-order valence-corrected chi connectivity index (χ1v) is 6.99. The number of aryl methyl sites for hydroxylation is 1. The molecule has 0 aliphatic heterocycles. The molecule has 0 heterocycles. The number of hydrogen-bond donors (Lipinski definition) is 1. The van der Waals surface area contributed by atoms with Gasteiger partial charge >= 0.3 is 0 Å². The number of hydrogen-bond acceptors (Lipinski definition) is 2. The van der Waals surface area contributed by atoms with Gasteiger partial charge < -0.3 is 10.5 Å². The second-order valence-electron chi connectivity index (χ2n) is 4.66. The molecule has 2 nitrogen and oxygen atoms in total. The Kier molecular flexibility index (Phi) is 4.27. The normalized spacial score (nSPS) is 12.3. The summed E-state index contributed by atoms with van der Waals surface area (Å²) in [5.41, 5.74) is 11.1. The predicted molar refractivity (Wildman–Crippen MR) is 82.6 cm³/mol. The molecule has 3 heteroatoms. The Hall–Kier alpha value is -1.32. The molecule has 0 aliphatic rings. The lowest BCUT2D eigenvalue weighted by Crippen LogP contribution is -2.13. The standard InChI is InChI=1S/C16H18BrNO/c1-10-5-4-6-13(11(10)2)16(18)12-7-8-15(19-3)14(17)9-12/h4-9,16H,18H2,1-3H3. The summed E-state index contributed by atoms with van der Waals surface area (Å²) in [7, 11) is 1.66. The van der Waals surface area contributed by atoms with Crippen molar-refractivity contribution in [2.75, 3.05) is 7.11 Å². The highest BCUT2D eigenvalue weighted by Gasteiger charge is 2.13. The molecule has 0 radical (unpaired) electrons. The molecule has 1 atom stereocenters. The number of nitrogens with two attached hydrogens (primary N) is 1. The van der Waals surface area contributed by atoms with Crippen LogP contribution >= 0.6 is 15.9 Å². The summed E-state index contributed by atoms with van der Waals surface area (Å²) in [6.07, 6.45) is 0. The summed E-state index contributed by atoms with van der Waals surface area (Å²) in [4.78, 5) is 0. The zero-order chi connectivity index (χ0) is 14.0. The number of halogens is 1. The van der Waals surface area contributed by atoms with E-state index >= 15 is 0 Å². The van der Waals surface area contributed by atoms with Gasteiger partial charge in [-0.1, -0.05) is 24.3 Å². The molecule has 0 saturated carbocycles. The van der Waals surface area contributed by atoms with Gasteiger partial charge in [-0.25, -0.2) is 0 Å². The van der Waals surface area contributed by atoms with E-state index in [1.807, 2.05) is 18.2 Å². The lowest BCUT2D eigenvalue weighted by Gasteiger charge is -2.17. The monoisotopic (exact) mass is 319 g/mol. The molecule has 2 rings (SSSR count). The zero-order valence-corrected chi connectivity index (χ0v) is 13.0. The third-order valence-electron chi connectivity index (χ3n) is 3.52. The van der Waals surface area contributed by atoms with Crippen LogP contribution in [0.25, 0.3) is 0 Å². The van der Waals surface area contributed by atoms with E-state index in [4.69, 9.17) is 10.5 Å². The van der Waals surface area contributed by atoms with Gasteiger partial charge in [-0.05, 0) is 64.2 Å². The number of benzene rings is 2. The van der Waals surface area contributed by atoms with Crippen LogP contribution in [0.3, 0.4) is 0 Å². The quantitative estimate of drug-likeness (QED) is 0.923. The van der Waals surface area contributed by atoms with Crippen molar-refractivity contribution in [3.63, 3.8) is 0 Å². The highest BCUT2D eigenvalue weighted by Crippen LogP contribution is 2.31. The van der Waals surface area contributed by atoms with Crippen LogP contribution in [0.4, 0.5) is 0 Å². The summed E-state index contributed by atoms with van der Waals surface area (Å²) in [6, 6.07) is 12.1. The third-order valence-corrected chi connectivity index (χ3v) is 4.14. The second kappa shape index (κ2) is 5.76. The van der Waals surface area contributed by atoms with Crippen LogP contribution in [0.2, 0.25) is 0 Å². The van der Waals surface area contributed by atoms with Crippen LogP contribution in [-0.4, -0.2) is 7.11 Å². The number of methoxy groups -OCH3 is 1. The minimum atomic E-state index is -0.123. The van der Waals surface area contributed by atoms with Crippen LogP contribution in [-0.2, 0) is 0 Å². The lowest BCUT2D eigenvalue weighted by molar-refractivity contribution is 0.412. The van der Waals surface area contributed by atoms with Crippen molar-refractivity contribution in [3.8, 4) is 5.75 Å². The first-order chi connectivity index (χ1) is 9.04. The molecule has 100 valence electrons. The van der Waals surface area contributed by atoms with Gasteiger partial charge in [-0.15, -0.1) is 0 Å². The molecule has 0 aromatic heterocycles. The maximum atomic E-state index is 6.38. The van der Waals surface area contributed by atoms with E-state index in [2.05, 4.69) is 48.0 Å². The van der Waals surface area contributed by atoms with Gasteiger partial charge in [-0.3, -0.25) is 0 Å². The maximum absolute atomic E-state index is 6.38. The molecular formula is C16H18BrNO. The smallest absolute Gasteiger partial charge is 0.133 e. The Morgan fingerprint density at radius 3 is 2.53 bits per heavy atom. The predicted octanol–water partition coefficient (Wildman–Crippen LogP) is 4.12. The summed E-state index contributed by atoms with van der Waals surface area (Å²) < 4.78 is 6.16. The van der Waals surface area contributed by atoms with Gasteiger partial charge in [0.25, 0.3) is 0 Å². The molecule has 19 heavy (non-hydrogen) atoms. The van der Waals surface area contributed by atoms with E-state index in [0.717, 1.165) is 21.3 Å². The van der Waals surface area contributed by atoms with Crippen molar-refractivity contribution in [3.05, 3.63) is 63.1 Å². The Bertz CT molecular complexity index is 595. The van der Waals surface area contributed by atoms with Crippen molar-refractivity contribution >= 4 is 15.9 Å². The van der Waals surface area contributed by atoms with Gasteiger partial charge in [0, 0.05) is 0 Å². The summed E-state index contributed by atoms with van der Waals surface area (Å²) in [5.74, 6) is 0.817. The molecule has 1 unspecified atom stereocenters. The number of rotatable bonds is 3. The van der Waals surface area contributed by atoms with Gasteiger partial charge in [0.05, 0.1) is 17.6 Å². The van der Waals surface area contributed by atoms with E-state index in [1.165, 1.54) is 11.1 Å². The van der Waals surface area contributed by atoms with Crippen LogP contribution in [0.5, 0.6) is 5.75 Å². The van der Waals surface area contributed by atoms with E-state index in [9.17, 15) is 0 Å². The van der Waals surface area contributed by atoms with Gasteiger partial charge in [0.15, 0.2) is 0 Å². The van der Waals surface area contributed by atoms with Crippen molar-refractivity contribution in [1.29, 1.82) is 0 Å². The Labute approximate surface area is 122 Å². The van der Waals surface area contributed by atoms with Gasteiger partial charge in [0.1, 0.15) is 5.75 Å². The summed E-state index contributed by atoms with van der Waals surface area (Å²) >= 11 is 3.50. The van der Waals surface area contributed by atoms with Crippen LogP contribution in [0.1, 0.15) is 28.3 Å². The minimum absolute atomic E-state index is 0.123. The summed E-state index contributed by atoms with van der Waals surface area (Å²) in [6.45, 7) is 4.22. The van der Waals surface area contributed by atoms with E-state index in [-0.39, 0.29) is 6.04 Å². The largest absolute Gasteiger partial charge is 0.496 e. The molecule has 2 aromatic carbocycles. The van der Waals surface area contributed by atoms with Gasteiger partial charge in [0.2, 0.25) is 0 Å². The Balaban J connectivity index is 2.41. The average Bonchev–Trinajstić information content (AvgIpc) is 2.41. The highest BCUT2D eigenvalue weighted by molar-refractivity contribution is 9.10. The van der Waals surface area contributed by atoms with E-state index in [1.54, 1.807) is 7.11 Å². The molecule has 0 fully saturated rings.